The Morgan fingerprint density at radius 2 is 2.12 bits per heavy atom. The van der Waals surface area contributed by atoms with Crippen LogP contribution in [0.1, 0.15) is 18.4 Å². The van der Waals surface area contributed by atoms with E-state index in [0.29, 0.717) is 0 Å². The molecule has 0 bridgehead atoms. The zero-order chi connectivity index (χ0) is 11.4. The van der Waals surface area contributed by atoms with Gasteiger partial charge in [-0.25, -0.2) is 4.79 Å². The minimum Gasteiger partial charge on any atom is -0.467 e. The van der Waals surface area contributed by atoms with Crippen LogP contribution >= 0.6 is 0 Å². The van der Waals surface area contributed by atoms with Crippen molar-refractivity contribution in [1.82, 2.24) is 0 Å². The monoisotopic (exact) mass is 220 g/mol. The standard InChI is InChI=1S/C13H16O3/c1-15-13(14)12-11(16-12)9-5-8-10-6-3-2-4-7-10/h2-4,6-7,11-12H,5,8-9H2,1H3/t11-,12+/m1/s1. The number of carbonyl (C=O) groups is 1. The van der Waals surface area contributed by atoms with Crippen molar-refractivity contribution in [1.29, 1.82) is 0 Å². The van der Waals surface area contributed by atoms with Crippen molar-refractivity contribution in [3.63, 3.8) is 0 Å². The molecule has 1 aliphatic rings. The Bertz CT molecular complexity index is 347. The van der Waals surface area contributed by atoms with Crippen LogP contribution in [-0.4, -0.2) is 25.3 Å². The van der Waals surface area contributed by atoms with Crippen molar-refractivity contribution in [2.75, 3.05) is 7.11 Å². The Labute approximate surface area is 95.4 Å². The molecule has 2 atom stereocenters. The Morgan fingerprint density at radius 3 is 2.81 bits per heavy atom. The molecule has 0 aliphatic carbocycles. The van der Waals surface area contributed by atoms with Gasteiger partial charge in [0.1, 0.15) is 0 Å². The quantitative estimate of drug-likeness (QED) is 0.562. The largest absolute Gasteiger partial charge is 0.467 e. The van der Waals surface area contributed by atoms with Crippen LogP contribution in [-0.2, 0) is 20.7 Å². The second-order valence-corrected chi connectivity index (χ2v) is 4.00. The van der Waals surface area contributed by atoms with Crippen LogP contribution in [0.3, 0.4) is 0 Å². The average Bonchev–Trinajstić information content (AvgIpc) is 3.09. The van der Waals surface area contributed by atoms with Crippen molar-refractivity contribution in [2.45, 2.75) is 31.5 Å². The van der Waals surface area contributed by atoms with Gasteiger partial charge < -0.3 is 9.47 Å². The maximum atomic E-state index is 11.1. The number of methoxy groups -OCH3 is 1. The third-order valence-corrected chi connectivity index (χ3v) is 2.81. The van der Waals surface area contributed by atoms with Crippen LogP contribution in [0.15, 0.2) is 30.3 Å². The molecule has 1 heterocycles. The summed E-state index contributed by atoms with van der Waals surface area (Å²) in [4.78, 5) is 11.1. The number of hydrogen-bond donors (Lipinski definition) is 0. The van der Waals surface area contributed by atoms with Crippen LogP contribution in [0.25, 0.3) is 0 Å². The number of benzene rings is 1. The number of rotatable bonds is 5. The fraction of sp³-hybridized carbons (Fsp3) is 0.462. The molecule has 0 unspecified atom stereocenters. The number of epoxide rings is 1. The predicted molar refractivity (Wildman–Crippen MR) is 60.1 cm³/mol. The molecule has 1 aliphatic heterocycles. The molecule has 1 saturated heterocycles. The molecule has 0 spiro atoms. The summed E-state index contributed by atoms with van der Waals surface area (Å²) in [6.45, 7) is 0. The van der Waals surface area contributed by atoms with E-state index in [4.69, 9.17) is 4.74 Å². The maximum absolute atomic E-state index is 11.1. The highest BCUT2D eigenvalue weighted by Gasteiger charge is 2.45. The lowest BCUT2D eigenvalue weighted by Gasteiger charge is -1.99. The van der Waals surface area contributed by atoms with Gasteiger partial charge in [-0.05, 0) is 24.8 Å². The molecule has 16 heavy (non-hydrogen) atoms. The van der Waals surface area contributed by atoms with E-state index in [0.717, 1.165) is 19.3 Å². The molecule has 1 aromatic rings. The summed E-state index contributed by atoms with van der Waals surface area (Å²) in [5, 5.41) is 0. The number of aryl methyl sites for hydroxylation is 1. The minimum absolute atomic E-state index is 0.0798. The number of esters is 1. The highest BCUT2D eigenvalue weighted by molar-refractivity contribution is 5.77. The van der Waals surface area contributed by atoms with E-state index in [-0.39, 0.29) is 18.2 Å². The normalized spacial score (nSPS) is 22.8. The summed E-state index contributed by atoms with van der Waals surface area (Å²) < 4.78 is 9.84. The van der Waals surface area contributed by atoms with Gasteiger partial charge in [-0.3, -0.25) is 0 Å². The zero-order valence-corrected chi connectivity index (χ0v) is 9.39. The third kappa shape index (κ3) is 2.83. The molecule has 3 nitrogen and oxygen atoms in total. The van der Waals surface area contributed by atoms with E-state index in [1.807, 2.05) is 18.2 Å². The van der Waals surface area contributed by atoms with Gasteiger partial charge in [0.15, 0.2) is 6.10 Å². The molecular weight excluding hydrogens is 204 g/mol. The topological polar surface area (TPSA) is 38.8 Å². The molecule has 1 aromatic carbocycles. The molecule has 86 valence electrons. The Hall–Kier alpha value is -1.35. The number of hydrogen-bond acceptors (Lipinski definition) is 3. The van der Waals surface area contributed by atoms with E-state index in [2.05, 4.69) is 16.9 Å². The second-order valence-electron chi connectivity index (χ2n) is 4.00. The van der Waals surface area contributed by atoms with Crippen LogP contribution in [0, 0.1) is 0 Å². The van der Waals surface area contributed by atoms with E-state index in [1.165, 1.54) is 12.7 Å². The fourth-order valence-corrected chi connectivity index (χ4v) is 1.84. The highest BCUT2D eigenvalue weighted by Crippen LogP contribution is 2.28. The molecular formula is C13H16O3. The van der Waals surface area contributed by atoms with Gasteiger partial charge in [0, 0.05) is 0 Å². The van der Waals surface area contributed by atoms with Gasteiger partial charge in [-0.2, -0.15) is 0 Å². The van der Waals surface area contributed by atoms with Gasteiger partial charge in [0.05, 0.1) is 13.2 Å². The summed E-state index contributed by atoms with van der Waals surface area (Å²) in [5.74, 6) is -0.246. The van der Waals surface area contributed by atoms with Gasteiger partial charge in [0.2, 0.25) is 0 Å². The summed E-state index contributed by atoms with van der Waals surface area (Å²) in [5.41, 5.74) is 1.33. The SMILES string of the molecule is COC(=O)[C@H]1O[C@@H]1CCCc1ccccc1. The fourth-order valence-electron chi connectivity index (χ4n) is 1.84. The van der Waals surface area contributed by atoms with E-state index < -0.39 is 0 Å². The first kappa shape index (κ1) is 11.1. The van der Waals surface area contributed by atoms with Crippen molar-refractivity contribution in [3.8, 4) is 0 Å². The first-order valence-corrected chi connectivity index (χ1v) is 5.58. The Balaban J connectivity index is 1.65. The lowest BCUT2D eigenvalue weighted by atomic mass is 10.1. The first-order chi connectivity index (χ1) is 7.81. The van der Waals surface area contributed by atoms with Gasteiger partial charge in [0.25, 0.3) is 0 Å². The van der Waals surface area contributed by atoms with Gasteiger partial charge >= 0.3 is 5.97 Å². The van der Waals surface area contributed by atoms with E-state index >= 15 is 0 Å². The number of carbonyl (C=O) groups excluding carboxylic acids is 1. The Kier molecular flexibility index (Phi) is 3.57. The maximum Gasteiger partial charge on any atom is 0.337 e. The predicted octanol–water partition coefficient (Wildman–Crippen LogP) is 1.95. The van der Waals surface area contributed by atoms with Crippen molar-refractivity contribution < 1.29 is 14.3 Å². The van der Waals surface area contributed by atoms with Crippen LogP contribution in [0.4, 0.5) is 0 Å². The number of ether oxygens (including phenoxy) is 2. The third-order valence-electron chi connectivity index (χ3n) is 2.81. The molecule has 0 aromatic heterocycles. The zero-order valence-electron chi connectivity index (χ0n) is 9.39. The smallest absolute Gasteiger partial charge is 0.337 e. The summed E-state index contributed by atoms with van der Waals surface area (Å²) in [6.07, 6.45) is 2.78. The van der Waals surface area contributed by atoms with Crippen LogP contribution in [0.2, 0.25) is 0 Å². The van der Waals surface area contributed by atoms with Gasteiger partial charge in [-0.1, -0.05) is 30.3 Å². The summed E-state index contributed by atoms with van der Waals surface area (Å²) >= 11 is 0. The molecule has 2 rings (SSSR count). The Morgan fingerprint density at radius 1 is 1.38 bits per heavy atom. The van der Waals surface area contributed by atoms with Crippen molar-refractivity contribution in [3.05, 3.63) is 35.9 Å². The molecule has 0 radical (unpaired) electrons. The lowest BCUT2D eigenvalue weighted by molar-refractivity contribution is -0.142. The summed E-state index contributed by atoms with van der Waals surface area (Å²) in [7, 11) is 1.39. The minimum atomic E-state index is -0.305. The van der Waals surface area contributed by atoms with Crippen molar-refractivity contribution >= 4 is 5.97 Å². The second kappa shape index (κ2) is 5.12. The molecule has 0 N–H and O–H groups in total. The summed E-state index contributed by atoms with van der Waals surface area (Å²) in [6, 6.07) is 10.3. The lowest BCUT2D eigenvalue weighted by Crippen LogP contribution is -2.11. The average molecular weight is 220 g/mol. The first-order valence-electron chi connectivity index (χ1n) is 5.58. The van der Waals surface area contributed by atoms with E-state index in [1.54, 1.807) is 0 Å². The van der Waals surface area contributed by atoms with E-state index in [9.17, 15) is 4.79 Å². The molecule has 3 heteroatoms. The van der Waals surface area contributed by atoms with Gasteiger partial charge in [-0.15, -0.1) is 0 Å². The van der Waals surface area contributed by atoms with Crippen LogP contribution < -0.4 is 0 Å². The molecule has 1 fully saturated rings. The van der Waals surface area contributed by atoms with Crippen LogP contribution in [0.5, 0.6) is 0 Å². The molecule has 0 saturated carbocycles. The van der Waals surface area contributed by atoms with Crippen molar-refractivity contribution in [2.24, 2.45) is 0 Å². The molecule has 0 amide bonds. The highest BCUT2D eigenvalue weighted by atomic mass is 16.6.